The summed E-state index contributed by atoms with van der Waals surface area (Å²) in [6.07, 6.45) is 2.05. The fraction of sp³-hybridized carbons (Fsp3) is 0.562. The Balaban J connectivity index is 1.87. The van der Waals surface area contributed by atoms with Crippen molar-refractivity contribution in [1.82, 2.24) is 10.2 Å². The molecule has 1 aliphatic carbocycles. The van der Waals surface area contributed by atoms with Gasteiger partial charge in [0.15, 0.2) is 0 Å². The minimum atomic E-state index is -1.21. The van der Waals surface area contributed by atoms with E-state index in [0.29, 0.717) is 12.5 Å². The first-order valence-electron chi connectivity index (χ1n) is 14.2. The number of nitrogens with one attached hydrogen (secondary N) is 1. The van der Waals surface area contributed by atoms with Gasteiger partial charge in [0.25, 0.3) is 0 Å². The predicted molar refractivity (Wildman–Crippen MR) is 152 cm³/mol. The van der Waals surface area contributed by atoms with Gasteiger partial charge in [-0.15, -0.1) is 0 Å². The zero-order valence-corrected chi connectivity index (χ0v) is 24.6. The first-order chi connectivity index (χ1) is 18.7. The maximum atomic E-state index is 13.8. The number of aliphatic hydroxyl groups is 1. The van der Waals surface area contributed by atoms with Crippen LogP contribution in [0.3, 0.4) is 0 Å². The van der Waals surface area contributed by atoms with E-state index >= 15 is 0 Å². The van der Waals surface area contributed by atoms with E-state index in [4.69, 9.17) is 4.74 Å². The smallest absolute Gasteiger partial charge is 0.410 e. The highest BCUT2D eigenvalue weighted by Crippen LogP contribution is 2.34. The normalized spacial score (nSPS) is 16.7. The Morgan fingerprint density at radius 3 is 2.35 bits per heavy atom. The van der Waals surface area contributed by atoms with E-state index in [9.17, 15) is 23.5 Å². The number of nitrogens with zero attached hydrogens (tertiary/aromatic N) is 1. The number of carbonyl (C=O) groups is 2. The highest BCUT2D eigenvalue weighted by molar-refractivity contribution is 5.73. The summed E-state index contributed by atoms with van der Waals surface area (Å²) < 4.78 is 33.4. The number of amides is 2. The third-order valence-electron chi connectivity index (χ3n) is 7.02. The van der Waals surface area contributed by atoms with Gasteiger partial charge in [0, 0.05) is 25.5 Å². The standard InChI is InChI=1S/C32H44F2N2O4/c1-20(2)12-22-10-11-24-8-7-9-25(28(24)15-22)18-36(31(39)40-32(4,5)6)19-30(38)29(35-21(3)37)16-23-13-26(33)17-27(34)14-23/h10-11,13-15,17,20,25,29-30,38H,7-9,12,16,18-19H2,1-6H3,(H,35,37). The third kappa shape index (κ3) is 9.58. The molecule has 0 heterocycles. The first kappa shape index (κ1) is 31.5. The lowest BCUT2D eigenvalue weighted by Gasteiger charge is -2.35. The SMILES string of the molecule is CC(=O)NC(Cc1cc(F)cc(F)c1)C(O)CN(CC1CCCc2ccc(CC(C)C)cc21)C(=O)OC(C)(C)C. The summed E-state index contributed by atoms with van der Waals surface area (Å²) in [6.45, 7) is 11.3. The molecular weight excluding hydrogens is 514 g/mol. The van der Waals surface area contributed by atoms with Crippen molar-refractivity contribution in [2.45, 2.75) is 97.3 Å². The Morgan fingerprint density at radius 2 is 1.75 bits per heavy atom. The Hall–Kier alpha value is -3.00. The highest BCUT2D eigenvalue weighted by Gasteiger charge is 2.32. The second-order valence-electron chi connectivity index (χ2n) is 12.5. The van der Waals surface area contributed by atoms with Gasteiger partial charge in [-0.25, -0.2) is 13.6 Å². The molecular formula is C32H44F2N2O4. The monoisotopic (exact) mass is 558 g/mol. The fourth-order valence-corrected chi connectivity index (χ4v) is 5.43. The quantitative estimate of drug-likeness (QED) is 0.379. The molecule has 0 saturated heterocycles. The van der Waals surface area contributed by atoms with Gasteiger partial charge in [-0.3, -0.25) is 4.79 Å². The molecule has 0 spiro atoms. The molecule has 3 unspecified atom stereocenters. The molecule has 2 N–H and O–H groups in total. The van der Waals surface area contributed by atoms with Crippen molar-refractivity contribution < 1.29 is 28.2 Å². The van der Waals surface area contributed by atoms with Crippen LogP contribution < -0.4 is 5.32 Å². The largest absolute Gasteiger partial charge is 0.444 e. The van der Waals surface area contributed by atoms with E-state index < -0.39 is 41.4 Å². The fourth-order valence-electron chi connectivity index (χ4n) is 5.43. The van der Waals surface area contributed by atoms with Gasteiger partial charge in [-0.2, -0.15) is 0 Å². The molecule has 40 heavy (non-hydrogen) atoms. The Labute approximate surface area is 237 Å². The average Bonchev–Trinajstić information content (AvgIpc) is 2.81. The number of hydrogen-bond donors (Lipinski definition) is 2. The number of ether oxygens (including phenoxy) is 1. The lowest BCUT2D eigenvalue weighted by Crippen LogP contribution is -2.51. The van der Waals surface area contributed by atoms with Crippen LogP contribution in [0.4, 0.5) is 13.6 Å². The molecule has 0 fully saturated rings. The van der Waals surface area contributed by atoms with Crippen LogP contribution in [0, 0.1) is 17.6 Å². The van der Waals surface area contributed by atoms with Gasteiger partial charge in [0.2, 0.25) is 5.91 Å². The first-order valence-corrected chi connectivity index (χ1v) is 14.2. The van der Waals surface area contributed by atoms with Crippen LogP contribution in [-0.4, -0.2) is 52.8 Å². The molecule has 3 rings (SSSR count). The lowest BCUT2D eigenvalue weighted by molar-refractivity contribution is -0.120. The minimum Gasteiger partial charge on any atom is -0.444 e. The van der Waals surface area contributed by atoms with Crippen molar-refractivity contribution >= 4 is 12.0 Å². The number of halogens is 2. The number of carbonyl (C=O) groups excluding carboxylic acids is 2. The summed E-state index contributed by atoms with van der Waals surface area (Å²) >= 11 is 0. The molecule has 2 aromatic rings. The van der Waals surface area contributed by atoms with E-state index in [1.54, 1.807) is 20.8 Å². The molecule has 0 aliphatic heterocycles. The molecule has 2 aromatic carbocycles. The van der Waals surface area contributed by atoms with Crippen molar-refractivity contribution in [3.63, 3.8) is 0 Å². The molecule has 0 aromatic heterocycles. The maximum Gasteiger partial charge on any atom is 0.410 e. The lowest BCUT2D eigenvalue weighted by atomic mass is 9.81. The van der Waals surface area contributed by atoms with Gasteiger partial charge in [-0.05, 0) is 93.2 Å². The number of aliphatic hydroxyl groups excluding tert-OH is 1. The van der Waals surface area contributed by atoms with Gasteiger partial charge in [0.1, 0.15) is 17.2 Å². The maximum absolute atomic E-state index is 13.8. The van der Waals surface area contributed by atoms with Crippen LogP contribution in [0.25, 0.3) is 0 Å². The molecule has 1 aliphatic rings. The van der Waals surface area contributed by atoms with E-state index in [2.05, 4.69) is 37.4 Å². The minimum absolute atomic E-state index is 0.0115. The number of aryl methyl sites for hydroxylation is 1. The molecule has 0 radical (unpaired) electrons. The molecule has 6 nitrogen and oxygen atoms in total. The van der Waals surface area contributed by atoms with Crippen molar-refractivity contribution in [3.05, 3.63) is 70.3 Å². The van der Waals surface area contributed by atoms with E-state index in [1.807, 2.05) is 0 Å². The Bertz CT molecular complexity index is 1160. The van der Waals surface area contributed by atoms with Crippen molar-refractivity contribution in [1.29, 1.82) is 0 Å². The van der Waals surface area contributed by atoms with Crippen LogP contribution in [0.15, 0.2) is 36.4 Å². The molecule has 2 amide bonds. The summed E-state index contributed by atoms with van der Waals surface area (Å²) in [5.41, 5.74) is 3.31. The molecule has 0 bridgehead atoms. The number of benzene rings is 2. The van der Waals surface area contributed by atoms with Crippen LogP contribution >= 0.6 is 0 Å². The zero-order valence-electron chi connectivity index (χ0n) is 24.6. The molecule has 220 valence electrons. The predicted octanol–water partition coefficient (Wildman–Crippen LogP) is 5.93. The van der Waals surface area contributed by atoms with Crippen LogP contribution in [0.5, 0.6) is 0 Å². The van der Waals surface area contributed by atoms with Crippen LogP contribution in [0.1, 0.15) is 82.6 Å². The van der Waals surface area contributed by atoms with Crippen molar-refractivity contribution in [2.75, 3.05) is 13.1 Å². The highest BCUT2D eigenvalue weighted by atomic mass is 19.1. The number of hydrogen-bond acceptors (Lipinski definition) is 4. The van der Waals surface area contributed by atoms with Gasteiger partial charge in [0.05, 0.1) is 18.7 Å². The summed E-state index contributed by atoms with van der Waals surface area (Å²) in [6, 6.07) is 8.86. The second kappa shape index (κ2) is 13.6. The summed E-state index contributed by atoms with van der Waals surface area (Å²) in [5.74, 6) is -1.30. The number of fused-ring (bicyclic) bond motifs is 1. The molecule has 0 saturated carbocycles. The summed E-state index contributed by atoms with van der Waals surface area (Å²) in [7, 11) is 0. The topological polar surface area (TPSA) is 78.9 Å². The molecule has 3 atom stereocenters. The van der Waals surface area contributed by atoms with E-state index in [-0.39, 0.29) is 24.4 Å². The average molecular weight is 559 g/mol. The van der Waals surface area contributed by atoms with Gasteiger partial charge in [-0.1, -0.05) is 32.0 Å². The second-order valence-corrected chi connectivity index (χ2v) is 12.5. The van der Waals surface area contributed by atoms with E-state index in [1.165, 1.54) is 40.6 Å². The van der Waals surface area contributed by atoms with Gasteiger partial charge < -0.3 is 20.1 Å². The molecule has 8 heteroatoms. The Kier molecular flexibility index (Phi) is 10.7. The van der Waals surface area contributed by atoms with Crippen molar-refractivity contribution in [3.8, 4) is 0 Å². The summed E-state index contributed by atoms with van der Waals surface area (Å²) in [5, 5.41) is 14.0. The summed E-state index contributed by atoms with van der Waals surface area (Å²) in [4.78, 5) is 26.9. The van der Waals surface area contributed by atoms with Crippen LogP contribution in [0.2, 0.25) is 0 Å². The van der Waals surface area contributed by atoms with E-state index in [0.717, 1.165) is 31.7 Å². The zero-order chi connectivity index (χ0) is 29.6. The number of rotatable bonds is 10. The van der Waals surface area contributed by atoms with Crippen LogP contribution in [-0.2, 0) is 28.8 Å². The third-order valence-corrected chi connectivity index (χ3v) is 7.02. The Morgan fingerprint density at radius 1 is 1.07 bits per heavy atom. The van der Waals surface area contributed by atoms with Gasteiger partial charge >= 0.3 is 6.09 Å². The van der Waals surface area contributed by atoms with Crippen molar-refractivity contribution in [2.24, 2.45) is 5.92 Å².